The Bertz CT molecular complexity index is 802. The first-order chi connectivity index (χ1) is 9.72. The summed E-state index contributed by atoms with van der Waals surface area (Å²) in [7, 11) is -3.68. The number of halogens is 1. The zero-order valence-corrected chi connectivity index (χ0v) is 13.6. The van der Waals surface area contributed by atoms with E-state index in [2.05, 4.69) is 4.72 Å². The summed E-state index contributed by atoms with van der Waals surface area (Å²) in [5.41, 5.74) is 9.22. The molecule has 0 aromatic heterocycles. The molecule has 21 heavy (non-hydrogen) atoms. The molecule has 0 unspecified atom stereocenters. The van der Waals surface area contributed by atoms with Gasteiger partial charge in [-0.05, 0) is 61.7 Å². The summed E-state index contributed by atoms with van der Waals surface area (Å²) in [6.07, 6.45) is 0. The second kappa shape index (κ2) is 5.58. The Balaban J connectivity index is 2.45. The molecule has 0 bridgehead atoms. The van der Waals surface area contributed by atoms with Crippen molar-refractivity contribution >= 4 is 33.0 Å². The number of benzene rings is 2. The molecule has 0 saturated carbocycles. The molecule has 0 aliphatic rings. The van der Waals surface area contributed by atoms with Gasteiger partial charge >= 0.3 is 0 Å². The molecule has 0 heterocycles. The molecule has 0 spiro atoms. The molecule has 112 valence electrons. The van der Waals surface area contributed by atoms with E-state index >= 15 is 0 Å². The highest BCUT2D eigenvalue weighted by atomic mass is 35.5. The minimum Gasteiger partial charge on any atom is -0.398 e. The van der Waals surface area contributed by atoms with Crippen LogP contribution in [0.1, 0.15) is 16.7 Å². The van der Waals surface area contributed by atoms with Gasteiger partial charge in [-0.1, -0.05) is 17.7 Å². The number of aryl methyl sites for hydroxylation is 2. The smallest absolute Gasteiger partial charge is 0.262 e. The third-order valence-corrected chi connectivity index (χ3v) is 5.16. The summed E-state index contributed by atoms with van der Waals surface area (Å²) in [4.78, 5) is 0.199. The SMILES string of the molecule is Cc1cc(Cl)ccc1S(=O)(=O)Nc1ccc(C)c(N)c1C. The van der Waals surface area contributed by atoms with Crippen molar-refractivity contribution in [3.8, 4) is 0 Å². The number of rotatable bonds is 3. The molecule has 2 aromatic carbocycles. The lowest BCUT2D eigenvalue weighted by atomic mass is 10.1. The van der Waals surface area contributed by atoms with E-state index in [1.165, 1.54) is 6.07 Å². The van der Waals surface area contributed by atoms with Crippen LogP contribution in [0.25, 0.3) is 0 Å². The summed E-state index contributed by atoms with van der Waals surface area (Å²) in [5, 5.41) is 0.502. The first kappa shape index (κ1) is 15.7. The molecule has 0 aliphatic carbocycles. The van der Waals surface area contributed by atoms with Crippen LogP contribution < -0.4 is 10.5 Å². The molecular weight excluding hydrogens is 308 g/mol. The van der Waals surface area contributed by atoms with E-state index in [-0.39, 0.29) is 4.90 Å². The minimum atomic E-state index is -3.68. The maximum Gasteiger partial charge on any atom is 0.262 e. The van der Waals surface area contributed by atoms with Crippen molar-refractivity contribution in [1.29, 1.82) is 0 Å². The third kappa shape index (κ3) is 3.14. The lowest BCUT2D eigenvalue weighted by Crippen LogP contribution is -2.15. The molecule has 4 nitrogen and oxygen atoms in total. The van der Waals surface area contributed by atoms with Crippen molar-refractivity contribution < 1.29 is 8.42 Å². The topological polar surface area (TPSA) is 72.2 Å². The molecule has 0 atom stereocenters. The van der Waals surface area contributed by atoms with E-state index in [0.29, 0.717) is 27.5 Å². The lowest BCUT2D eigenvalue weighted by molar-refractivity contribution is 0.600. The highest BCUT2D eigenvalue weighted by Gasteiger charge is 2.18. The summed E-state index contributed by atoms with van der Waals surface area (Å²) < 4.78 is 27.6. The number of hydrogen-bond donors (Lipinski definition) is 2. The van der Waals surface area contributed by atoms with E-state index in [1.54, 1.807) is 38.1 Å². The molecular formula is C15H17ClN2O2S. The van der Waals surface area contributed by atoms with E-state index in [0.717, 1.165) is 5.56 Å². The van der Waals surface area contributed by atoms with Gasteiger partial charge in [-0.3, -0.25) is 4.72 Å². The third-order valence-electron chi connectivity index (χ3n) is 3.40. The predicted molar refractivity (Wildman–Crippen MR) is 87.3 cm³/mol. The molecule has 0 amide bonds. The van der Waals surface area contributed by atoms with Gasteiger partial charge in [0.15, 0.2) is 0 Å². The summed E-state index contributed by atoms with van der Waals surface area (Å²) in [6.45, 7) is 5.37. The summed E-state index contributed by atoms with van der Waals surface area (Å²) >= 11 is 5.86. The van der Waals surface area contributed by atoms with Crippen LogP contribution in [0.2, 0.25) is 5.02 Å². The lowest BCUT2D eigenvalue weighted by Gasteiger charge is -2.14. The van der Waals surface area contributed by atoms with Crippen molar-refractivity contribution in [1.82, 2.24) is 0 Å². The molecule has 0 aliphatic heterocycles. The van der Waals surface area contributed by atoms with Crippen LogP contribution in [0.5, 0.6) is 0 Å². The predicted octanol–water partition coefficient (Wildman–Crippen LogP) is 3.65. The number of anilines is 2. The second-order valence-corrected chi connectivity index (χ2v) is 7.07. The van der Waals surface area contributed by atoms with Crippen LogP contribution in [0.4, 0.5) is 11.4 Å². The van der Waals surface area contributed by atoms with E-state index < -0.39 is 10.0 Å². The van der Waals surface area contributed by atoms with Gasteiger partial charge in [0, 0.05) is 10.7 Å². The number of sulfonamides is 1. The fourth-order valence-corrected chi connectivity index (χ4v) is 3.67. The number of nitrogen functional groups attached to an aromatic ring is 1. The Kier molecular flexibility index (Phi) is 4.16. The van der Waals surface area contributed by atoms with Crippen molar-refractivity contribution in [2.45, 2.75) is 25.7 Å². The molecule has 0 saturated heterocycles. The van der Waals surface area contributed by atoms with Gasteiger partial charge in [0.1, 0.15) is 0 Å². The molecule has 0 radical (unpaired) electrons. The second-order valence-electron chi connectivity index (χ2n) is 4.98. The minimum absolute atomic E-state index is 0.199. The van der Waals surface area contributed by atoms with Crippen LogP contribution in [0.3, 0.4) is 0 Å². The molecule has 6 heteroatoms. The van der Waals surface area contributed by atoms with E-state index in [4.69, 9.17) is 17.3 Å². The van der Waals surface area contributed by atoms with E-state index in [1.807, 2.05) is 6.92 Å². The first-order valence-corrected chi connectivity index (χ1v) is 8.23. The van der Waals surface area contributed by atoms with Crippen LogP contribution in [-0.4, -0.2) is 8.42 Å². The Morgan fingerprint density at radius 1 is 1.05 bits per heavy atom. The zero-order chi connectivity index (χ0) is 15.8. The zero-order valence-electron chi connectivity index (χ0n) is 12.1. The average Bonchev–Trinajstić information content (AvgIpc) is 2.39. The van der Waals surface area contributed by atoms with Crippen LogP contribution in [0, 0.1) is 20.8 Å². The number of nitrogens with one attached hydrogen (secondary N) is 1. The maximum atomic E-state index is 12.5. The van der Waals surface area contributed by atoms with Gasteiger partial charge in [-0.25, -0.2) is 8.42 Å². The quantitative estimate of drug-likeness (QED) is 0.846. The van der Waals surface area contributed by atoms with Crippen molar-refractivity contribution in [3.05, 3.63) is 52.0 Å². The van der Waals surface area contributed by atoms with E-state index in [9.17, 15) is 8.42 Å². The normalized spacial score (nSPS) is 11.4. The molecule has 2 rings (SSSR count). The van der Waals surface area contributed by atoms with Gasteiger partial charge < -0.3 is 5.73 Å². The standard InChI is InChI=1S/C15H17ClN2O2S/c1-9-4-6-13(11(3)15(9)17)18-21(19,20)14-7-5-12(16)8-10(14)2/h4-8,18H,17H2,1-3H3. The maximum absolute atomic E-state index is 12.5. The Morgan fingerprint density at radius 2 is 1.71 bits per heavy atom. The van der Waals surface area contributed by atoms with Crippen molar-refractivity contribution in [2.24, 2.45) is 0 Å². The van der Waals surface area contributed by atoms with Crippen molar-refractivity contribution in [2.75, 3.05) is 10.5 Å². The van der Waals surface area contributed by atoms with Crippen LogP contribution in [0.15, 0.2) is 35.2 Å². The molecule has 3 N–H and O–H groups in total. The number of hydrogen-bond acceptors (Lipinski definition) is 3. The van der Waals surface area contributed by atoms with Gasteiger partial charge in [-0.2, -0.15) is 0 Å². The molecule has 0 fully saturated rings. The number of nitrogens with two attached hydrogens (primary N) is 1. The summed E-state index contributed by atoms with van der Waals surface area (Å²) in [6, 6.07) is 8.16. The highest BCUT2D eigenvalue weighted by Crippen LogP contribution is 2.28. The Morgan fingerprint density at radius 3 is 2.33 bits per heavy atom. The first-order valence-electron chi connectivity index (χ1n) is 6.37. The fraction of sp³-hybridized carbons (Fsp3) is 0.200. The van der Waals surface area contributed by atoms with Gasteiger partial charge in [0.05, 0.1) is 10.6 Å². The van der Waals surface area contributed by atoms with Crippen molar-refractivity contribution in [3.63, 3.8) is 0 Å². The Hall–Kier alpha value is -1.72. The van der Waals surface area contributed by atoms with Crippen LogP contribution in [-0.2, 0) is 10.0 Å². The largest absolute Gasteiger partial charge is 0.398 e. The average molecular weight is 325 g/mol. The fourth-order valence-electron chi connectivity index (χ4n) is 2.09. The van der Waals surface area contributed by atoms with Gasteiger partial charge in [-0.15, -0.1) is 0 Å². The van der Waals surface area contributed by atoms with Gasteiger partial charge in [0.25, 0.3) is 10.0 Å². The highest BCUT2D eigenvalue weighted by molar-refractivity contribution is 7.92. The van der Waals surface area contributed by atoms with Gasteiger partial charge in [0.2, 0.25) is 0 Å². The van der Waals surface area contributed by atoms with Crippen LogP contribution >= 0.6 is 11.6 Å². The summed E-state index contributed by atoms with van der Waals surface area (Å²) in [5.74, 6) is 0. The Labute approximate surface area is 130 Å². The molecule has 2 aromatic rings. The monoisotopic (exact) mass is 324 g/mol.